The molecule has 0 unspecified atom stereocenters. The average Bonchev–Trinajstić information content (AvgIpc) is 3.58. The topological polar surface area (TPSA) is 114 Å². The van der Waals surface area contributed by atoms with Crippen LogP contribution < -0.4 is 19.5 Å². The van der Waals surface area contributed by atoms with Gasteiger partial charge in [0.2, 0.25) is 22.7 Å². The number of rotatable bonds is 9. The summed E-state index contributed by atoms with van der Waals surface area (Å²) in [6.45, 7) is 3.61. The quantitative estimate of drug-likeness (QED) is 0.391. The number of ether oxygens (including phenoxy) is 2. The zero-order chi connectivity index (χ0) is 26.2. The maximum absolute atomic E-state index is 13.3. The normalized spacial score (nSPS) is 16.4. The molecule has 37 heavy (non-hydrogen) atoms. The molecule has 5 rings (SSSR count). The van der Waals surface area contributed by atoms with E-state index >= 15 is 0 Å². The zero-order valence-corrected chi connectivity index (χ0v) is 21.5. The Balaban J connectivity index is 1.31. The highest BCUT2D eigenvalue weighted by molar-refractivity contribution is 7.89. The van der Waals surface area contributed by atoms with E-state index in [2.05, 4.69) is 10.0 Å². The molecule has 0 radical (unpaired) electrons. The molecule has 9 heteroatoms. The van der Waals surface area contributed by atoms with Crippen LogP contribution in [0.25, 0.3) is 11.1 Å². The molecule has 0 bridgehead atoms. The molecule has 1 aliphatic heterocycles. The predicted octanol–water partition coefficient (Wildman–Crippen LogP) is 4.05. The predicted molar refractivity (Wildman–Crippen MR) is 140 cm³/mol. The zero-order valence-electron chi connectivity index (χ0n) is 20.7. The van der Waals surface area contributed by atoms with E-state index in [9.17, 15) is 18.3 Å². The standard InChI is InChI=1S/C28H30N2O6S/c1-18(2)24(16-31)30-37(33,34)23-9-6-19(7-10-23)20-4-3-5-22(14-20)29-27(32)28(12-13-28)21-8-11-25-26(15-21)36-17-35-25/h3-11,14-15,18,24,30-31H,12-13,16-17H2,1-2H3,(H,29,32)/t24-/m0/s1. The summed E-state index contributed by atoms with van der Waals surface area (Å²) < 4.78 is 38.9. The van der Waals surface area contributed by atoms with Crippen LogP contribution in [0.4, 0.5) is 5.69 Å². The van der Waals surface area contributed by atoms with Crippen LogP contribution in [-0.2, 0) is 20.2 Å². The lowest BCUT2D eigenvalue weighted by Gasteiger charge is -2.20. The van der Waals surface area contributed by atoms with Crippen LogP contribution in [-0.4, -0.2) is 38.9 Å². The van der Waals surface area contributed by atoms with Crippen molar-refractivity contribution in [3.8, 4) is 22.6 Å². The number of benzene rings is 3. The summed E-state index contributed by atoms with van der Waals surface area (Å²) in [5, 5.41) is 12.5. The van der Waals surface area contributed by atoms with Crippen LogP contribution in [0.3, 0.4) is 0 Å². The molecular formula is C28H30N2O6S. The van der Waals surface area contributed by atoms with Crippen LogP contribution in [0.5, 0.6) is 11.5 Å². The Morgan fingerprint density at radius 2 is 1.70 bits per heavy atom. The van der Waals surface area contributed by atoms with Crippen LogP contribution in [0.2, 0.25) is 0 Å². The van der Waals surface area contributed by atoms with Gasteiger partial charge in [-0.2, -0.15) is 0 Å². The average molecular weight is 523 g/mol. The summed E-state index contributed by atoms with van der Waals surface area (Å²) in [6.07, 6.45) is 1.52. The molecule has 1 atom stereocenters. The van der Waals surface area contributed by atoms with Gasteiger partial charge in [0, 0.05) is 11.7 Å². The summed E-state index contributed by atoms with van der Waals surface area (Å²) in [6, 6.07) is 19.1. The second kappa shape index (κ2) is 9.81. The highest BCUT2D eigenvalue weighted by Crippen LogP contribution is 2.51. The fourth-order valence-corrected chi connectivity index (χ4v) is 5.85. The third-order valence-corrected chi connectivity index (χ3v) is 8.54. The highest BCUT2D eigenvalue weighted by atomic mass is 32.2. The van der Waals surface area contributed by atoms with Crippen molar-refractivity contribution in [3.63, 3.8) is 0 Å². The largest absolute Gasteiger partial charge is 0.454 e. The van der Waals surface area contributed by atoms with Crippen molar-refractivity contribution in [2.75, 3.05) is 18.7 Å². The number of nitrogens with one attached hydrogen (secondary N) is 2. The Hall–Kier alpha value is -3.40. The van der Waals surface area contributed by atoms with Gasteiger partial charge in [-0.05, 0) is 71.8 Å². The van der Waals surface area contributed by atoms with E-state index in [0.717, 1.165) is 29.5 Å². The summed E-state index contributed by atoms with van der Waals surface area (Å²) in [7, 11) is -3.76. The van der Waals surface area contributed by atoms with Gasteiger partial charge in [-0.1, -0.05) is 44.2 Å². The van der Waals surface area contributed by atoms with Crippen molar-refractivity contribution in [2.24, 2.45) is 5.92 Å². The molecule has 0 spiro atoms. The second-order valence-corrected chi connectivity index (χ2v) is 11.6. The van der Waals surface area contributed by atoms with E-state index in [4.69, 9.17) is 9.47 Å². The first kappa shape index (κ1) is 25.3. The van der Waals surface area contributed by atoms with Gasteiger partial charge in [0.05, 0.1) is 16.9 Å². The molecule has 194 valence electrons. The number of sulfonamides is 1. The molecule has 8 nitrogen and oxygen atoms in total. The smallest absolute Gasteiger partial charge is 0.240 e. The molecule has 0 saturated heterocycles. The lowest BCUT2D eigenvalue weighted by atomic mass is 9.94. The van der Waals surface area contributed by atoms with Crippen LogP contribution in [0.1, 0.15) is 32.3 Å². The summed E-state index contributed by atoms with van der Waals surface area (Å²) in [4.78, 5) is 13.4. The number of aliphatic hydroxyl groups excluding tert-OH is 1. The number of amides is 1. The Bertz CT molecular complexity index is 1410. The van der Waals surface area contributed by atoms with Gasteiger partial charge in [-0.3, -0.25) is 4.79 Å². The van der Waals surface area contributed by atoms with Gasteiger partial charge in [0.15, 0.2) is 11.5 Å². The number of aliphatic hydroxyl groups is 1. The first-order chi connectivity index (χ1) is 17.7. The van der Waals surface area contributed by atoms with Gasteiger partial charge in [0.25, 0.3) is 0 Å². The van der Waals surface area contributed by atoms with Crippen molar-refractivity contribution >= 4 is 21.6 Å². The van der Waals surface area contributed by atoms with Gasteiger partial charge in [-0.15, -0.1) is 0 Å². The lowest BCUT2D eigenvalue weighted by Crippen LogP contribution is -2.41. The number of fused-ring (bicyclic) bond motifs is 1. The van der Waals surface area contributed by atoms with Crippen molar-refractivity contribution in [1.82, 2.24) is 4.72 Å². The van der Waals surface area contributed by atoms with Crippen molar-refractivity contribution in [3.05, 3.63) is 72.3 Å². The number of hydrogen-bond donors (Lipinski definition) is 3. The minimum atomic E-state index is -3.76. The van der Waals surface area contributed by atoms with Crippen molar-refractivity contribution in [1.29, 1.82) is 0 Å². The van der Waals surface area contributed by atoms with Crippen molar-refractivity contribution < 1.29 is 27.8 Å². The Labute approximate surface area is 216 Å². The number of anilines is 1. The fraction of sp³-hybridized carbons (Fsp3) is 0.321. The van der Waals surface area contributed by atoms with E-state index in [1.54, 1.807) is 12.1 Å². The summed E-state index contributed by atoms with van der Waals surface area (Å²) in [5.74, 6) is 1.24. The first-order valence-electron chi connectivity index (χ1n) is 12.3. The summed E-state index contributed by atoms with van der Waals surface area (Å²) in [5.41, 5.74) is 2.66. The van der Waals surface area contributed by atoms with E-state index in [0.29, 0.717) is 17.2 Å². The Morgan fingerprint density at radius 1 is 0.973 bits per heavy atom. The van der Waals surface area contributed by atoms with E-state index in [1.165, 1.54) is 12.1 Å². The fourth-order valence-electron chi connectivity index (χ4n) is 4.47. The van der Waals surface area contributed by atoms with Gasteiger partial charge in [0.1, 0.15) is 0 Å². The molecule has 3 N–H and O–H groups in total. The van der Waals surface area contributed by atoms with Gasteiger partial charge in [-0.25, -0.2) is 13.1 Å². The van der Waals surface area contributed by atoms with Crippen LogP contribution >= 0.6 is 0 Å². The van der Waals surface area contributed by atoms with E-state index in [-0.39, 0.29) is 30.1 Å². The van der Waals surface area contributed by atoms with E-state index in [1.807, 2.05) is 56.3 Å². The maximum Gasteiger partial charge on any atom is 0.240 e. The third kappa shape index (κ3) is 5.07. The molecule has 1 saturated carbocycles. The van der Waals surface area contributed by atoms with E-state index < -0.39 is 21.5 Å². The Morgan fingerprint density at radius 3 is 2.38 bits per heavy atom. The molecule has 3 aromatic carbocycles. The van der Waals surface area contributed by atoms with Crippen LogP contribution in [0, 0.1) is 5.92 Å². The molecular weight excluding hydrogens is 492 g/mol. The van der Waals surface area contributed by atoms with Gasteiger partial charge < -0.3 is 19.9 Å². The minimum absolute atomic E-state index is 0.0446. The molecule has 3 aromatic rings. The Kier molecular flexibility index (Phi) is 6.70. The summed E-state index contributed by atoms with van der Waals surface area (Å²) >= 11 is 0. The minimum Gasteiger partial charge on any atom is -0.454 e. The first-order valence-corrected chi connectivity index (χ1v) is 13.8. The number of carbonyl (C=O) groups excluding carboxylic acids is 1. The molecule has 1 fully saturated rings. The third-order valence-electron chi connectivity index (χ3n) is 7.04. The molecule has 1 heterocycles. The van der Waals surface area contributed by atoms with Gasteiger partial charge >= 0.3 is 0 Å². The molecule has 0 aromatic heterocycles. The SMILES string of the molecule is CC(C)[C@H](CO)NS(=O)(=O)c1ccc(-c2cccc(NC(=O)C3(c4ccc5c(c4)OCO5)CC3)c2)cc1. The van der Waals surface area contributed by atoms with Crippen LogP contribution in [0.15, 0.2) is 71.6 Å². The molecule has 2 aliphatic rings. The highest BCUT2D eigenvalue weighted by Gasteiger charge is 2.51. The molecule has 1 amide bonds. The lowest BCUT2D eigenvalue weighted by molar-refractivity contribution is -0.118. The number of carbonyl (C=O) groups is 1. The maximum atomic E-state index is 13.3. The second-order valence-electron chi connectivity index (χ2n) is 9.86. The number of hydrogen-bond acceptors (Lipinski definition) is 6. The molecule has 1 aliphatic carbocycles. The van der Waals surface area contributed by atoms with Crippen molar-refractivity contribution in [2.45, 2.75) is 43.0 Å². The monoisotopic (exact) mass is 522 g/mol.